The van der Waals surface area contributed by atoms with Gasteiger partial charge in [0.15, 0.2) is 0 Å². The number of nitrogens with one attached hydrogen (secondary N) is 2. The first-order valence-electron chi connectivity index (χ1n) is 9.91. The monoisotopic (exact) mass is 424 g/mol. The highest BCUT2D eigenvalue weighted by molar-refractivity contribution is 7.89. The Kier molecular flexibility index (Phi) is 5.69. The molecule has 1 aliphatic carbocycles. The van der Waals surface area contributed by atoms with Crippen molar-refractivity contribution in [3.05, 3.63) is 83.2 Å². The van der Waals surface area contributed by atoms with Gasteiger partial charge in [0.1, 0.15) is 0 Å². The van der Waals surface area contributed by atoms with Gasteiger partial charge in [0.25, 0.3) is 5.91 Å². The maximum atomic E-state index is 12.7. The predicted molar refractivity (Wildman–Crippen MR) is 114 cm³/mol. The van der Waals surface area contributed by atoms with Crippen LogP contribution < -0.4 is 10.0 Å². The van der Waals surface area contributed by atoms with Crippen LogP contribution in [0.5, 0.6) is 0 Å². The summed E-state index contributed by atoms with van der Waals surface area (Å²) in [7, 11) is -3.65. The van der Waals surface area contributed by atoms with E-state index < -0.39 is 10.0 Å². The molecule has 0 saturated heterocycles. The third-order valence-electron chi connectivity index (χ3n) is 5.25. The Morgan fingerprint density at radius 2 is 1.97 bits per heavy atom. The number of hydrogen-bond donors (Lipinski definition) is 2. The molecule has 0 unspecified atom stereocenters. The summed E-state index contributed by atoms with van der Waals surface area (Å²) in [5.74, 6) is -0.158. The van der Waals surface area contributed by atoms with Gasteiger partial charge < -0.3 is 5.32 Å². The molecule has 1 heterocycles. The molecule has 2 N–H and O–H groups in total. The molecule has 30 heavy (non-hydrogen) atoms. The minimum absolute atomic E-state index is 0.158. The molecule has 8 heteroatoms. The zero-order chi connectivity index (χ0) is 21.1. The van der Waals surface area contributed by atoms with Gasteiger partial charge >= 0.3 is 0 Å². The number of fused-ring (bicyclic) bond motifs is 1. The first kappa shape index (κ1) is 20.3. The first-order valence-corrected chi connectivity index (χ1v) is 11.4. The fourth-order valence-corrected chi connectivity index (χ4v) is 4.75. The number of carbonyl (C=O) groups excluding carboxylic acids is 1. The van der Waals surface area contributed by atoms with E-state index in [0.29, 0.717) is 12.1 Å². The van der Waals surface area contributed by atoms with Crippen LogP contribution in [0, 0.1) is 6.92 Å². The third-order valence-corrected chi connectivity index (χ3v) is 6.71. The number of aromatic nitrogens is 2. The second kappa shape index (κ2) is 8.41. The van der Waals surface area contributed by atoms with Crippen molar-refractivity contribution in [1.82, 2.24) is 19.8 Å². The van der Waals surface area contributed by atoms with Gasteiger partial charge in [-0.25, -0.2) is 13.1 Å². The van der Waals surface area contributed by atoms with Gasteiger partial charge in [0.05, 0.1) is 23.2 Å². The summed E-state index contributed by atoms with van der Waals surface area (Å²) in [6, 6.07) is 15.8. The van der Waals surface area contributed by atoms with E-state index in [1.165, 1.54) is 0 Å². The number of nitrogens with zero attached hydrogens (tertiary/aromatic N) is 2. The van der Waals surface area contributed by atoms with Gasteiger partial charge in [-0.15, -0.1) is 0 Å². The molecule has 2 aromatic carbocycles. The van der Waals surface area contributed by atoms with Crippen LogP contribution in [0.25, 0.3) is 0 Å². The average molecular weight is 425 g/mol. The lowest BCUT2D eigenvalue weighted by molar-refractivity contribution is 0.0936. The van der Waals surface area contributed by atoms with Gasteiger partial charge in [0.2, 0.25) is 10.0 Å². The molecule has 7 nitrogen and oxygen atoms in total. The third kappa shape index (κ3) is 4.44. The summed E-state index contributed by atoms with van der Waals surface area (Å²) in [5.41, 5.74) is 3.41. The number of hydrogen-bond acceptors (Lipinski definition) is 4. The molecule has 0 aliphatic heterocycles. The van der Waals surface area contributed by atoms with Crippen molar-refractivity contribution in [3.8, 4) is 0 Å². The highest BCUT2D eigenvalue weighted by Gasteiger charge is 2.26. The van der Waals surface area contributed by atoms with Crippen molar-refractivity contribution in [2.24, 2.45) is 0 Å². The average Bonchev–Trinajstić information content (AvgIpc) is 3.34. The maximum absolute atomic E-state index is 12.7. The fourth-order valence-electron chi connectivity index (χ4n) is 3.69. The zero-order valence-corrected chi connectivity index (χ0v) is 17.5. The van der Waals surface area contributed by atoms with Gasteiger partial charge in [-0.2, -0.15) is 5.10 Å². The Morgan fingerprint density at radius 1 is 1.17 bits per heavy atom. The van der Waals surface area contributed by atoms with Gasteiger partial charge in [-0.3, -0.25) is 9.48 Å². The molecule has 1 atom stereocenters. The van der Waals surface area contributed by atoms with Crippen LogP contribution in [0.1, 0.15) is 39.6 Å². The van der Waals surface area contributed by atoms with E-state index in [4.69, 9.17) is 0 Å². The largest absolute Gasteiger partial charge is 0.345 e. The van der Waals surface area contributed by atoms with E-state index in [1.54, 1.807) is 28.9 Å². The Bertz CT molecular complexity index is 1160. The normalized spacial score (nSPS) is 15.7. The molecular weight excluding hydrogens is 400 g/mol. The number of benzene rings is 2. The van der Waals surface area contributed by atoms with Crippen molar-refractivity contribution in [2.45, 2.75) is 37.2 Å². The lowest BCUT2D eigenvalue weighted by Gasteiger charge is -2.15. The van der Waals surface area contributed by atoms with Crippen LogP contribution in [0.3, 0.4) is 0 Å². The van der Waals surface area contributed by atoms with Crippen molar-refractivity contribution in [2.75, 3.05) is 6.54 Å². The van der Waals surface area contributed by atoms with Gasteiger partial charge in [-0.1, -0.05) is 24.3 Å². The van der Waals surface area contributed by atoms with Crippen LogP contribution in [0.2, 0.25) is 0 Å². The Labute approximate surface area is 176 Å². The van der Waals surface area contributed by atoms with Crippen molar-refractivity contribution >= 4 is 15.9 Å². The minimum atomic E-state index is -3.65. The first-order chi connectivity index (χ1) is 14.4. The standard InChI is InChI=1S/C22H24N4O3S/c1-16-11-13-26(25-16)14-12-23-30(28,29)19-9-7-17-8-10-21(20(17)15-19)24-22(27)18-5-3-2-4-6-18/h2-7,9,11,13,15,21,23H,8,10,12,14H2,1H3,(H,24,27)/t21-/m0/s1. The van der Waals surface area contributed by atoms with Crippen LogP contribution in [-0.4, -0.2) is 30.7 Å². The Balaban J connectivity index is 1.45. The zero-order valence-electron chi connectivity index (χ0n) is 16.7. The van der Waals surface area contributed by atoms with Crippen LogP contribution in [0.4, 0.5) is 0 Å². The summed E-state index contributed by atoms with van der Waals surface area (Å²) in [5, 5.41) is 7.29. The SMILES string of the molecule is Cc1ccn(CCNS(=O)(=O)c2ccc3c(c2)[C@@H](NC(=O)c2ccccc2)CC3)n1. The van der Waals surface area contributed by atoms with Crippen molar-refractivity contribution < 1.29 is 13.2 Å². The molecule has 1 amide bonds. The summed E-state index contributed by atoms with van der Waals surface area (Å²) < 4.78 is 29.8. The summed E-state index contributed by atoms with van der Waals surface area (Å²) in [4.78, 5) is 12.7. The topological polar surface area (TPSA) is 93.1 Å². The van der Waals surface area contributed by atoms with Crippen molar-refractivity contribution in [1.29, 1.82) is 0 Å². The molecule has 3 aromatic rings. The van der Waals surface area contributed by atoms with E-state index in [1.807, 2.05) is 43.5 Å². The lowest BCUT2D eigenvalue weighted by Crippen LogP contribution is -2.29. The molecule has 0 saturated carbocycles. The molecule has 156 valence electrons. The predicted octanol–water partition coefficient (Wildman–Crippen LogP) is 2.59. The van der Waals surface area contributed by atoms with E-state index in [2.05, 4.69) is 15.1 Å². The second-order valence-corrected chi connectivity index (χ2v) is 9.18. The van der Waals surface area contributed by atoms with E-state index in [-0.39, 0.29) is 23.4 Å². The summed E-state index contributed by atoms with van der Waals surface area (Å²) in [6.45, 7) is 2.58. The number of amides is 1. The second-order valence-electron chi connectivity index (χ2n) is 7.41. The van der Waals surface area contributed by atoms with Crippen LogP contribution in [-0.2, 0) is 23.0 Å². The maximum Gasteiger partial charge on any atom is 0.251 e. The van der Waals surface area contributed by atoms with Crippen molar-refractivity contribution in [3.63, 3.8) is 0 Å². The van der Waals surface area contributed by atoms with Crippen LogP contribution in [0.15, 0.2) is 65.7 Å². The lowest BCUT2D eigenvalue weighted by atomic mass is 10.1. The summed E-state index contributed by atoms with van der Waals surface area (Å²) in [6.07, 6.45) is 3.38. The van der Waals surface area contributed by atoms with Gasteiger partial charge in [-0.05, 0) is 61.2 Å². The Morgan fingerprint density at radius 3 is 2.70 bits per heavy atom. The molecule has 0 radical (unpaired) electrons. The van der Waals surface area contributed by atoms with Gasteiger partial charge in [0, 0.05) is 18.3 Å². The smallest absolute Gasteiger partial charge is 0.251 e. The minimum Gasteiger partial charge on any atom is -0.345 e. The summed E-state index contributed by atoms with van der Waals surface area (Å²) >= 11 is 0. The number of carbonyl (C=O) groups is 1. The highest BCUT2D eigenvalue weighted by Crippen LogP contribution is 2.33. The number of rotatable bonds is 7. The quantitative estimate of drug-likeness (QED) is 0.610. The molecule has 0 bridgehead atoms. The molecule has 0 fully saturated rings. The number of sulfonamides is 1. The highest BCUT2D eigenvalue weighted by atomic mass is 32.2. The molecule has 4 rings (SSSR count). The molecule has 1 aliphatic rings. The fraction of sp³-hybridized carbons (Fsp3) is 0.273. The molecule has 1 aromatic heterocycles. The van der Waals surface area contributed by atoms with E-state index in [9.17, 15) is 13.2 Å². The van der Waals surface area contributed by atoms with E-state index >= 15 is 0 Å². The van der Waals surface area contributed by atoms with E-state index in [0.717, 1.165) is 29.7 Å². The number of aryl methyl sites for hydroxylation is 2. The Hall–Kier alpha value is -2.97. The molecular formula is C22H24N4O3S. The van der Waals surface area contributed by atoms with Crippen LogP contribution >= 0.6 is 0 Å². The molecule has 0 spiro atoms.